The average Bonchev–Trinajstić information content (AvgIpc) is 2.68. The minimum Gasteiger partial charge on any atom is -0.383 e. The van der Waals surface area contributed by atoms with E-state index >= 15 is 0 Å². The van der Waals surface area contributed by atoms with Crippen molar-refractivity contribution in [1.29, 1.82) is 0 Å². The minimum atomic E-state index is -0.445. The number of ether oxygens (including phenoxy) is 1. The third-order valence-electron chi connectivity index (χ3n) is 6.32. The molecule has 1 aromatic rings. The number of methoxy groups -OCH3 is 1. The van der Waals surface area contributed by atoms with E-state index in [2.05, 4.69) is 12.2 Å². The molecule has 1 N–H and O–H groups in total. The number of carbonyl (C=O) groups excluding carboxylic acids is 2. The number of nitrogens with zero attached hydrogens (tertiary/aromatic N) is 1. The van der Waals surface area contributed by atoms with Crippen LogP contribution in [-0.2, 0) is 9.53 Å². The number of benzene rings is 1. The fourth-order valence-electron chi connectivity index (χ4n) is 4.78. The largest absolute Gasteiger partial charge is 0.383 e. The molecule has 3 rings (SSSR count). The first kappa shape index (κ1) is 19.9. The average molecular weight is 373 g/mol. The molecule has 0 bridgehead atoms. The summed E-state index contributed by atoms with van der Waals surface area (Å²) in [4.78, 5) is 28.8. The monoisotopic (exact) mass is 372 g/mol. The molecule has 27 heavy (non-hydrogen) atoms. The van der Waals surface area contributed by atoms with Crippen molar-refractivity contribution in [3.63, 3.8) is 0 Å². The van der Waals surface area contributed by atoms with E-state index in [-0.39, 0.29) is 23.8 Å². The maximum absolute atomic E-state index is 13.4. The molecular weight excluding hydrogens is 340 g/mol. The second kappa shape index (κ2) is 8.42. The Kier molecular flexibility index (Phi) is 6.20. The Morgan fingerprint density at radius 3 is 2.67 bits per heavy atom. The second-order valence-electron chi connectivity index (χ2n) is 7.95. The summed E-state index contributed by atoms with van der Waals surface area (Å²) >= 11 is 0. The minimum absolute atomic E-state index is 0.0390. The Morgan fingerprint density at radius 1 is 1.30 bits per heavy atom. The molecule has 0 aromatic heterocycles. The highest BCUT2D eigenvalue weighted by Crippen LogP contribution is 2.49. The van der Waals surface area contributed by atoms with Gasteiger partial charge in [0.05, 0.1) is 18.1 Å². The maximum Gasteiger partial charge on any atom is 0.254 e. The van der Waals surface area contributed by atoms with Crippen molar-refractivity contribution in [3.8, 4) is 0 Å². The van der Waals surface area contributed by atoms with Gasteiger partial charge >= 0.3 is 0 Å². The summed E-state index contributed by atoms with van der Waals surface area (Å²) in [5.41, 5.74) is 1.10. The predicted octanol–water partition coefficient (Wildman–Crippen LogP) is 3.49. The number of hydrogen-bond acceptors (Lipinski definition) is 3. The van der Waals surface area contributed by atoms with E-state index in [1.807, 2.05) is 36.1 Å². The topological polar surface area (TPSA) is 58.6 Å². The molecule has 0 radical (unpaired) electrons. The van der Waals surface area contributed by atoms with E-state index in [0.717, 1.165) is 44.1 Å². The van der Waals surface area contributed by atoms with E-state index in [0.29, 0.717) is 18.7 Å². The molecule has 148 valence electrons. The quantitative estimate of drug-likeness (QED) is 0.832. The van der Waals surface area contributed by atoms with Gasteiger partial charge in [-0.1, -0.05) is 44.4 Å². The van der Waals surface area contributed by atoms with Crippen LogP contribution >= 0.6 is 0 Å². The third kappa shape index (κ3) is 3.62. The molecule has 5 heteroatoms. The molecule has 1 saturated carbocycles. The molecule has 1 fully saturated rings. The first-order valence-electron chi connectivity index (χ1n) is 10.3. The standard InChI is InChI=1S/C22H32N2O3/c1-4-16(2)23-20(25)19-17-10-6-7-11-18(17)21(26)24(14-15-27-3)22(19)12-8-5-9-13-22/h6-7,10-11,16,19H,4-5,8-9,12-15H2,1-3H3,(H,23,25)/t16-,19-/m1/s1. The van der Waals surface area contributed by atoms with Crippen LogP contribution in [0.2, 0.25) is 0 Å². The summed E-state index contributed by atoms with van der Waals surface area (Å²) in [6.45, 7) is 5.12. The fourth-order valence-corrected chi connectivity index (χ4v) is 4.78. The molecule has 5 nitrogen and oxygen atoms in total. The van der Waals surface area contributed by atoms with E-state index in [1.54, 1.807) is 7.11 Å². The number of rotatable bonds is 6. The smallest absolute Gasteiger partial charge is 0.254 e. The van der Waals surface area contributed by atoms with Crippen LogP contribution in [0, 0.1) is 0 Å². The Labute approximate surface area is 162 Å². The highest BCUT2D eigenvalue weighted by Gasteiger charge is 2.54. The Balaban J connectivity index is 2.10. The molecular formula is C22H32N2O3. The molecule has 1 spiro atoms. The van der Waals surface area contributed by atoms with Gasteiger partial charge in [-0.05, 0) is 37.8 Å². The number of amides is 2. The van der Waals surface area contributed by atoms with Gasteiger partial charge < -0.3 is 15.0 Å². The van der Waals surface area contributed by atoms with Gasteiger partial charge in [0.1, 0.15) is 0 Å². The number of hydrogen-bond donors (Lipinski definition) is 1. The summed E-state index contributed by atoms with van der Waals surface area (Å²) in [6.07, 6.45) is 5.89. The summed E-state index contributed by atoms with van der Waals surface area (Å²) in [5, 5.41) is 3.20. The second-order valence-corrected chi connectivity index (χ2v) is 7.95. The van der Waals surface area contributed by atoms with E-state index in [9.17, 15) is 9.59 Å². The summed E-state index contributed by atoms with van der Waals surface area (Å²) in [7, 11) is 1.66. The number of nitrogens with one attached hydrogen (secondary N) is 1. The summed E-state index contributed by atoms with van der Waals surface area (Å²) in [5.74, 6) is -0.233. The van der Waals surface area contributed by atoms with Gasteiger partial charge in [0.15, 0.2) is 0 Å². The van der Waals surface area contributed by atoms with Gasteiger partial charge in [0.25, 0.3) is 5.91 Å². The van der Waals surface area contributed by atoms with Gasteiger partial charge in [0, 0.05) is 25.3 Å². The van der Waals surface area contributed by atoms with Gasteiger partial charge in [-0.25, -0.2) is 0 Å². The summed E-state index contributed by atoms with van der Waals surface area (Å²) in [6, 6.07) is 7.77. The van der Waals surface area contributed by atoms with Crippen molar-refractivity contribution < 1.29 is 14.3 Å². The maximum atomic E-state index is 13.4. The van der Waals surface area contributed by atoms with Crippen molar-refractivity contribution in [3.05, 3.63) is 35.4 Å². The van der Waals surface area contributed by atoms with Crippen molar-refractivity contribution in [2.24, 2.45) is 0 Å². The lowest BCUT2D eigenvalue weighted by atomic mass is 9.65. The zero-order valence-electron chi connectivity index (χ0n) is 16.8. The molecule has 1 aromatic carbocycles. The fraction of sp³-hybridized carbons (Fsp3) is 0.636. The van der Waals surface area contributed by atoms with Crippen LogP contribution in [0.5, 0.6) is 0 Å². The predicted molar refractivity (Wildman–Crippen MR) is 106 cm³/mol. The van der Waals surface area contributed by atoms with E-state index < -0.39 is 5.54 Å². The van der Waals surface area contributed by atoms with Crippen molar-refractivity contribution in [1.82, 2.24) is 10.2 Å². The van der Waals surface area contributed by atoms with Crippen LogP contribution in [-0.4, -0.2) is 48.6 Å². The van der Waals surface area contributed by atoms with Crippen LogP contribution in [0.15, 0.2) is 24.3 Å². The molecule has 0 saturated heterocycles. The van der Waals surface area contributed by atoms with Crippen LogP contribution in [0.25, 0.3) is 0 Å². The molecule has 2 amide bonds. The first-order valence-corrected chi connectivity index (χ1v) is 10.3. The Bertz CT molecular complexity index is 682. The third-order valence-corrected chi connectivity index (χ3v) is 6.32. The van der Waals surface area contributed by atoms with E-state index in [1.165, 1.54) is 0 Å². The van der Waals surface area contributed by atoms with Crippen molar-refractivity contribution in [2.75, 3.05) is 20.3 Å². The van der Waals surface area contributed by atoms with Crippen LogP contribution in [0.3, 0.4) is 0 Å². The highest BCUT2D eigenvalue weighted by molar-refractivity contribution is 6.02. The molecule has 1 heterocycles. The lowest BCUT2D eigenvalue weighted by Crippen LogP contribution is -2.63. The van der Waals surface area contributed by atoms with Crippen LogP contribution in [0.1, 0.15) is 74.2 Å². The zero-order chi connectivity index (χ0) is 19.4. The lowest BCUT2D eigenvalue weighted by Gasteiger charge is -2.53. The molecule has 1 aliphatic carbocycles. The van der Waals surface area contributed by atoms with Crippen LogP contribution in [0.4, 0.5) is 0 Å². The Hall–Kier alpha value is -1.88. The molecule has 2 atom stereocenters. The van der Waals surface area contributed by atoms with Crippen molar-refractivity contribution >= 4 is 11.8 Å². The van der Waals surface area contributed by atoms with E-state index in [4.69, 9.17) is 4.74 Å². The Morgan fingerprint density at radius 2 is 2.00 bits per heavy atom. The van der Waals surface area contributed by atoms with Gasteiger partial charge in [-0.3, -0.25) is 9.59 Å². The first-order chi connectivity index (χ1) is 13.0. The van der Waals surface area contributed by atoms with Crippen molar-refractivity contribution in [2.45, 2.75) is 69.9 Å². The highest BCUT2D eigenvalue weighted by atomic mass is 16.5. The van der Waals surface area contributed by atoms with Gasteiger partial charge in [-0.2, -0.15) is 0 Å². The van der Waals surface area contributed by atoms with Gasteiger partial charge in [-0.15, -0.1) is 0 Å². The lowest BCUT2D eigenvalue weighted by molar-refractivity contribution is -0.128. The molecule has 2 aliphatic rings. The number of fused-ring (bicyclic) bond motifs is 1. The number of carbonyl (C=O) groups is 2. The summed E-state index contributed by atoms with van der Waals surface area (Å²) < 4.78 is 5.30. The van der Waals surface area contributed by atoms with Gasteiger partial charge in [0.2, 0.25) is 5.91 Å². The SMILES string of the molecule is CC[C@@H](C)NC(=O)[C@H]1c2ccccc2C(=O)N(CCOC)C12CCCCC2. The van der Waals surface area contributed by atoms with Crippen LogP contribution < -0.4 is 5.32 Å². The zero-order valence-corrected chi connectivity index (χ0v) is 16.8. The molecule has 0 unspecified atom stereocenters. The molecule has 1 aliphatic heterocycles. The normalized spacial score (nSPS) is 22.4.